The molecule has 1 saturated heterocycles. The van der Waals surface area contributed by atoms with Gasteiger partial charge in [0.15, 0.2) is 0 Å². The number of amides is 3. The zero-order valence-corrected chi connectivity index (χ0v) is 18.6. The number of carbonyl (C=O) groups excluding carboxylic acids is 3. The van der Waals surface area contributed by atoms with Crippen LogP contribution in [0.2, 0.25) is 0 Å². The zero-order valence-electron chi connectivity index (χ0n) is 18.6. The van der Waals surface area contributed by atoms with E-state index < -0.39 is 35.9 Å². The highest BCUT2D eigenvalue weighted by Gasteiger charge is 2.38. The average Bonchev–Trinajstić information content (AvgIpc) is 3.29. The first-order chi connectivity index (χ1) is 15.8. The summed E-state index contributed by atoms with van der Waals surface area (Å²) in [5, 5.41) is 14.9. The van der Waals surface area contributed by atoms with Crippen LogP contribution in [-0.2, 0) is 32.0 Å². The molecule has 8 nitrogen and oxygen atoms in total. The lowest BCUT2D eigenvalue weighted by molar-refractivity contribution is -0.149. The van der Waals surface area contributed by atoms with Gasteiger partial charge in [-0.05, 0) is 30.9 Å². The molecule has 2 aromatic rings. The van der Waals surface area contributed by atoms with Gasteiger partial charge in [-0.25, -0.2) is 4.79 Å². The second-order valence-corrected chi connectivity index (χ2v) is 8.23. The summed E-state index contributed by atoms with van der Waals surface area (Å²) in [6.45, 7) is 1.89. The second-order valence-electron chi connectivity index (χ2n) is 8.23. The third-order valence-electron chi connectivity index (χ3n) is 5.70. The van der Waals surface area contributed by atoms with Gasteiger partial charge in [0, 0.05) is 13.0 Å². The summed E-state index contributed by atoms with van der Waals surface area (Å²) < 4.78 is 0. The Morgan fingerprint density at radius 3 is 2.18 bits per heavy atom. The number of carboxylic acid groups (broad SMARTS) is 1. The van der Waals surface area contributed by atoms with Crippen molar-refractivity contribution in [2.45, 2.75) is 50.7 Å². The first kappa shape index (κ1) is 24.0. The molecule has 3 amide bonds. The first-order valence-electron chi connectivity index (χ1n) is 11.1. The van der Waals surface area contributed by atoms with E-state index in [1.807, 2.05) is 60.7 Å². The summed E-state index contributed by atoms with van der Waals surface area (Å²) in [4.78, 5) is 51.3. The molecule has 0 unspecified atom stereocenters. The number of carbonyl (C=O) groups is 4. The fourth-order valence-electron chi connectivity index (χ4n) is 3.97. The van der Waals surface area contributed by atoms with Crippen LogP contribution in [0.1, 0.15) is 30.9 Å². The van der Waals surface area contributed by atoms with Crippen LogP contribution in [0.3, 0.4) is 0 Å². The molecule has 3 N–H and O–H groups in total. The van der Waals surface area contributed by atoms with Gasteiger partial charge in [0.25, 0.3) is 0 Å². The van der Waals surface area contributed by atoms with Crippen LogP contribution in [0.5, 0.6) is 0 Å². The minimum atomic E-state index is -1.05. The summed E-state index contributed by atoms with van der Waals surface area (Å²) >= 11 is 0. The lowest BCUT2D eigenvalue weighted by atomic mass is 10.0. The van der Waals surface area contributed by atoms with Gasteiger partial charge >= 0.3 is 5.97 Å². The molecule has 0 radical (unpaired) electrons. The first-order valence-corrected chi connectivity index (χ1v) is 11.1. The van der Waals surface area contributed by atoms with Crippen molar-refractivity contribution >= 4 is 23.7 Å². The molecule has 3 atom stereocenters. The third-order valence-corrected chi connectivity index (χ3v) is 5.70. The van der Waals surface area contributed by atoms with E-state index in [1.165, 1.54) is 4.90 Å². The molecule has 174 valence electrons. The number of likely N-dealkylation sites (tertiary alicyclic amines) is 1. The predicted octanol–water partition coefficient (Wildman–Crippen LogP) is 1.54. The average molecular weight is 452 g/mol. The molecule has 33 heavy (non-hydrogen) atoms. The maximum absolute atomic E-state index is 13.2. The molecule has 1 heterocycles. The molecule has 8 heteroatoms. The molecule has 0 spiro atoms. The van der Waals surface area contributed by atoms with Crippen LogP contribution in [0.25, 0.3) is 0 Å². The van der Waals surface area contributed by atoms with Crippen molar-refractivity contribution in [2.24, 2.45) is 0 Å². The normalized spacial score (nSPS) is 17.1. The summed E-state index contributed by atoms with van der Waals surface area (Å²) in [6.07, 6.45) is 1.34. The fraction of sp³-hybridized carbons (Fsp3) is 0.360. The highest BCUT2D eigenvalue weighted by Crippen LogP contribution is 2.19. The highest BCUT2D eigenvalue weighted by molar-refractivity contribution is 5.93. The van der Waals surface area contributed by atoms with Gasteiger partial charge in [0.05, 0.1) is 6.42 Å². The molecule has 1 fully saturated rings. The van der Waals surface area contributed by atoms with Crippen molar-refractivity contribution < 1.29 is 24.3 Å². The van der Waals surface area contributed by atoms with Gasteiger partial charge in [-0.15, -0.1) is 0 Å². The van der Waals surface area contributed by atoms with Gasteiger partial charge in [-0.1, -0.05) is 60.7 Å². The Hall–Kier alpha value is -3.68. The van der Waals surface area contributed by atoms with Crippen LogP contribution in [0.15, 0.2) is 60.7 Å². The van der Waals surface area contributed by atoms with Gasteiger partial charge < -0.3 is 20.6 Å². The molecule has 2 aromatic carbocycles. The van der Waals surface area contributed by atoms with Crippen molar-refractivity contribution in [1.82, 2.24) is 15.5 Å². The van der Waals surface area contributed by atoms with Gasteiger partial charge in [0.1, 0.15) is 18.1 Å². The Kier molecular flexibility index (Phi) is 8.18. The van der Waals surface area contributed by atoms with Crippen molar-refractivity contribution in [3.8, 4) is 0 Å². The third kappa shape index (κ3) is 6.65. The van der Waals surface area contributed by atoms with Crippen LogP contribution in [0.4, 0.5) is 0 Å². The second kappa shape index (κ2) is 11.3. The number of nitrogens with zero attached hydrogens (tertiary/aromatic N) is 1. The number of hydrogen-bond acceptors (Lipinski definition) is 4. The van der Waals surface area contributed by atoms with Crippen LogP contribution in [0, 0.1) is 0 Å². The van der Waals surface area contributed by atoms with E-state index in [-0.39, 0.29) is 18.7 Å². The lowest BCUT2D eigenvalue weighted by Crippen LogP contribution is -2.56. The lowest BCUT2D eigenvalue weighted by Gasteiger charge is -2.28. The standard InChI is InChI=1S/C25H29N3O5/c1-17(26-22(29)16-19-11-6-3-7-12-19)23(30)27-20(15-18-9-4-2-5-10-18)24(31)28-14-8-13-21(28)25(32)33/h2-7,9-12,17,20-21H,8,13-16H2,1H3,(H,26,29)(H,27,30)(H,32,33)/t17-,20-,21+/m0/s1. The van der Waals surface area contributed by atoms with Crippen molar-refractivity contribution in [3.05, 3.63) is 71.8 Å². The van der Waals surface area contributed by atoms with Crippen LogP contribution < -0.4 is 10.6 Å². The highest BCUT2D eigenvalue weighted by atomic mass is 16.4. The number of nitrogens with one attached hydrogen (secondary N) is 2. The Bertz CT molecular complexity index is 980. The summed E-state index contributed by atoms with van der Waals surface area (Å²) in [6, 6.07) is 15.7. The number of carboxylic acids is 1. The number of hydrogen-bond donors (Lipinski definition) is 3. The summed E-state index contributed by atoms with van der Waals surface area (Å²) in [7, 11) is 0. The maximum Gasteiger partial charge on any atom is 0.326 e. The van der Waals surface area contributed by atoms with E-state index in [0.29, 0.717) is 19.4 Å². The SMILES string of the molecule is C[C@H](NC(=O)Cc1ccccc1)C(=O)N[C@@H](Cc1ccccc1)C(=O)N1CCC[C@@H]1C(=O)O. The molecule has 0 aliphatic carbocycles. The predicted molar refractivity (Wildman–Crippen MR) is 122 cm³/mol. The van der Waals surface area contributed by atoms with E-state index in [0.717, 1.165) is 11.1 Å². The molecular formula is C25H29N3O5. The topological polar surface area (TPSA) is 116 Å². The van der Waals surface area contributed by atoms with Gasteiger partial charge in [-0.3, -0.25) is 14.4 Å². The number of benzene rings is 2. The molecule has 1 aliphatic heterocycles. The summed E-state index contributed by atoms with van der Waals surface area (Å²) in [5.41, 5.74) is 1.66. The molecule has 0 aromatic heterocycles. The number of aliphatic carboxylic acids is 1. The quantitative estimate of drug-likeness (QED) is 0.535. The van der Waals surface area contributed by atoms with E-state index in [1.54, 1.807) is 6.92 Å². The molecular weight excluding hydrogens is 422 g/mol. The van der Waals surface area contributed by atoms with Crippen LogP contribution in [-0.4, -0.2) is 58.4 Å². The fourth-order valence-corrected chi connectivity index (χ4v) is 3.97. The maximum atomic E-state index is 13.2. The smallest absolute Gasteiger partial charge is 0.326 e. The zero-order chi connectivity index (χ0) is 23.8. The molecule has 0 bridgehead atoms. The minimum absolute atomic E-state index is 0.138. The largest absolute Gasteiger partial charge is 0.480 e. The Morgan fingerprint density at radius 1 is 0.970 bits per heavy atom. The Morgan fingerprint density at radius 2 is 1.58 bits per heavy atom. The van der Waals surface area contributed by atoms with Crippen molar-refractivity contribution in [3.63, 3.8) is 0 Å². The Balaban J connectivity index is 1.68. The summed E-state index contributed by atoms with van der Waals surface area (Å²) in [5.74, 6) is -2.29. The van der Waals surface area contributed by atoms with Crippen LogP contribution >= 0.6 is 0 Å². The van der Waals surface area contributed by atoms with Gasteiger partial charge in [0.2, 0.25) is 17.7 Å². The van der Waals surface area contributed by atoms with Crippen molar-refractivity contribution in [2.75, 3.05) is 6.54 Å². The van der Waals surface area contributed by atoms with E-state index in [4.69, 9.17) is 0 Å². The molecule has 1 aliphatic rings. The van der Waals surface area contributed by atoms with E-state index in [9.17, 15) is 24.3 Å². The van der Waals surface area contributed by atoms with Gasteiger partial charge in [-0.2, -0.15) is 0 Å². The van der Waals surface area contributed by atoms with E-state index >= 15 is 0 Å². The van der Waals surface area contributed by atoms with Crippen molar-refractivity contribution in [1.29, 1.82) is 0 Å². The minimum Gasteiger partial charge on any atom is -0.480 e. The number of rotatable bonds is 9. The molecule has 0 saturated carbocycles. The molecule has 3 rings (SSSR count). The van der Waals surface area contributed by atoms with E-state index in [2.05, 4.69) is 10.6 Å². The monoisotopic (exact) mass is 451 g/mol. The Labute approximate surface area is 193 Å².